The summed E-state index contributed by atoms with van der Waals surface area (Å²) in [5.74, 6) is 1.07. The van der Waals surface area contributed by atoms with Crippen LogP contribution in [0.3, 0.4) is 0 Å². The van der Waals surface area contributed by atoms with Crippen molar-refractivity contribution in [1.82, 2.24) is 10.6 Å². The van der Waals surface area contributed by atoms with Crippen molar-refractivity contribution in [3.8, 4) is 5.75 Å². The highest BCUT2D eigenvalue weighted by Gasteiger charge is 2.22. The first-order valence-electron chi connectivity index (χ1n) is 7.14. The van der Waals surface area contributed by atoms with Gasteiger partial charge >= 0.3 is 0 Å². The van der Waals surface area contributed by atoms with E-state index in [1.807, 2.05) is 13.8 Å². The quantitative estimate of drug-likeness (QED) is 0.433. The van der Waals surface area contributed by atoms with E-state index in [9.17, 15) is 4.39 Å². The van der Waals surface area contributed by atoms with Crippen LogP contribution in [0.25, 0.3) is 0 Å². The van der Waals surface area contributed by atoms with E-state index in [2.05, 4.69) is 15.6 Å². The first kappa shape index (κ1) is 18.0. The van der Waals surface area contributed by atoms with Crippen LogP contribution in [-0.2, 0) is 0 Å². The van der Waals surface area contributed by atoms with E-state index in [4.69, 9.17) is 4.74 Å². The fraction of sp³-hybridized carbons (Fsp3) is 0.533. The highest BCUT2D eigenvalue weighted by molar-refractivity contribution is 14.0. The maximum atomic E-state index is 13.1. The Morgan fingerprint density at radius 3 is 2.86 bits per heavy atom. The number of hydrogen-bond acceptors (Lipinski definition) is 2. The second-order valence-corrected chi connectivity index (χ2v) is 5.02. The van der Waals surface area contributed by atoms with Gasteiger partial charge in [0, 0.05) is 18.7 Å². The molecular weight excluding hydrogens is 384 g/mol. The smallest absolute Gasteiger partial charge is 0.191 e. The summed E-state index contributed by atoms with van der Waals surface area (Å²) < 4.78 is 18.7. The number of guanidine groups is 1. The zero-order valence-corrected chi connectivity index (χ0v) is 14.8. The molecule has 1 fully saturated rings. The number of halogens is 2. The summed E-state index contributed by atoms with van der Waals surface area (Å²) >= 11 is 0. The molecule has 0 heterocycles. The lowest BCUT2D eigenvalue weighted by Gasteiger charge is -2.15. The predicted molar refractivity (Wildman–Crippen MR) is 94.0 cm³/mol. The van der Waals surface area contributed by atoms with E-state index in [0.717, 1.165) is 12.5 Å². The van der Waals surface area contributed by atoms with Crippen LogP contribution in [0.15, 0.2) is 29.3 Å². The van der Waals surface area contributed by atoms with Crippen molar-refractivity contribution >= 4 is 29.9 Å². The molecule has 0 aliphatic heterocycles. The molecule has 21 heavy (non-hydrogen) atoms. The molecule has 4 nitrogen and oxygen atoms in total. The molecule has 1 aliphatic rings. The van der Waals surface area contributed by atoms with Crippen molar-refractivity contribution in [3.63, 3.8) is 0 Å². The van der Waals surface area contributed by atoms with Gasteiger partial charge in [0.1, 0.15) is 17.7 Å². The molecule has 0 amide bonds. The van der Waals surface area contributed by atoms with Crippen molar-refractivity contribution < 1.29 is 9.13 Å². The highest BCUT2D eigenvalue weighted by atomic mass is 127. The second-order valence-electron chi connectivity index (χ2n) is 5.02. The molecule has 1 saturated carbocycles. The van der Waals surface area contributed by atoms with Crippen LogP contribution >= 0.6 is 24.0 Å². The lowest BCUT2D eigenvalue weighted by molar-refractivity contribution is 0.229. The summed E-state index contributed by atoms with van der Waals surface area (Å²) in [4.78, 5) is 4.49. The number of benzene rings is 1. The Bertz CT molecular complexity index is 466. The molecule has 0 spiro atoms. The summed E-state index contributed by atoms with van der Waals surface area (Å²) in [6, 6.07) is 6.73. The SMILES string of the molecule is CCNC(=NCC(C)Oc1cccc(F)c1)NC1CC1.I. The molecule has 2 rings (SSSR count). The highest BCUT2D eigenvalue weighted by Crippen LogP contribution is 2.18. The minimum atomic E-state index is -0.290. The molecule has 1 aliphatic carbocycles. The molecular formula is C15H23FIN3O. The Labute approximate surface area is 142 Å². The maximum Gasteiger partial charge on any atom is 0.191 e. The Kier molecular flexibility index (Phi) is 7.77. The fourth-order valence-electron chi connectivity index (χ4n) is 1.77. The molecule has 1 aromatic carbocycles. The van der Waals surface area contributed by atoms with E-state index >= 15 is 0 Å². The van der Waals surface area contributed by atoms with E-state index in [1.165, 1.54) is 25.0 Å². The molecule has 0 radical (unpaired) electrons. The molecule has 1 aromatic rings. The van der Waals surface area contributed by atoms with Crippen molar-refractivity contribution in [2.75, 3.05) is 13.1 Å². The minimum Gasteiger partial charge on any atom is -0.489 e. The van der Waals surface area contributed by atoms with Gasteiger partial charge in [-0.25, -0.2) is 9.38 Å². The van der Waals surface area contributed by atoms with Gasteiger partial charge in [-0.3, -0.25) is 0 Å². The average molecular weight is 407 g/mol. The Morgan fingerprint density at radius 2 is 2.24 bits per heavy atom. The summed E-state index contributed by atoms with van der Waals surface area (Å²) in [6.07, 6.45) is 2.31. The molecule has 0 aromatic heterocycles. The summed E-state index contributed by atoms with van der Waals surface area (Å²) in [5, 5.41) is 6.55. The van der Waals surface area contributed by atoms with Gasteiger partial charge in [0.2, 0.25) is 0 Å². The van der Waals surface area contributed by atoms with E-state index in [0.29, 0.717) is 18.3 Å². The number of nitrogens with zero attached hydrogens (tertiary/aromatic N) is 1. The van der Waals surface area contributed by atoms with E-state index < -0.39 is 0 Å². The molecule has 0 saturated heterocycles. The molecule has 1 atom stereocenters. The number of nitrogens with one attached hydrogen (secondary N) is 2. The molecule has 118 valence electrons. The van der Waals surface area contributed by atoms with E-state index in [-0.39, 0.29) is 35.9 Å². The van der Waals surface area contributed by atoms with Gasteiger partial charge < -0.3 is 15.4 Å². The van der Waals surface area contributed by atoms with Crippen LogP contribution in [-0.4, -0.2) is 31.2 Å². The normalized spacial score (nSPS) is 15.9. The van der Waals surface area contributed by atoms with Gasteiger partial charge in [-0.1, -0.05) is 6.07 Å². The predicted octanol–water partition coefficient (Wildman–Crippen LogP) is 2.93. The summed E-state index contributed by atoms with van der Waals surface area (Å²) in [7, 11) is 0. The number of rotatable bonds is 6. The number of ether oxygens (including phenoxy) is 1. The van der Waals surface area contributed by atoms with Crippen molar-refractivity contribution in [2.24, 2.45) is 4.99 Å². The van der Waals surface area contributed by atoms with Gasteiger partial charge in [0.05, 0.1) is 6.54 Å². The van der Waals surface area contributed by atoms with Crippen molar-refractivity contribution in [3.05, 3.63) is 30.1 Å². The van der Waals surface area contributed by atoms with Crippen LogP contribution in [0.5, 0.6) is 5.75 Å². The zero-order chi connectivity index (χ0) is 14.4. The zero-order valence-electron chi connectivity index (χ0n) is 12.4. The standard InChI is InChI=1S/C15H22FN3O.HI/c1-3-17-15(19-13-7-8-13)18-10-11(2)20-14-6-4-5-12(16)9-14;/h4-6,9,11,13H,3,7-8,10H2,1-2H3,(H2,17,18,19);1H. The Morgan fingerprint density at radius 1 is 1.48 bits per heavy atom. The van der Waals surface area contributed by atoms with Crippen LogP contribution in [0, 0.1) is 5.82 Å². The minimum absolute atomic E-state index is 0. The third kappa shape index (κ3) is 6.97. The van der Waals surface area contributed by atoms with Gasteiger partial charge in [-0.15, -0.1) is 24.0 Å². The molecule has 6 heteroatoms. The molecule has 0 bridgehead atoms. The number of hydrogen-bond donors (Lipinski definition) is 2. The lowest BCUT2D eigenvalue weighted by atomic mass is 10.3. The lowest BCUT2D eigenvalue weighted by Crippen LogP contribution is -2.39. The average Bonchev–Trinajstić information content (AvgIpc) is 3.20. The van der Waals surface area contributed by atoms with Crippen LogP contribution in [0.2, 0.25) is 0 Å². The largest absolute Gasteiger partial charge is 0.489 e. The first-order valence-corrected chi connectivity index (χ1v) is 7.14. The van der Waals surface area contributed by atoms with Crippen LogP contribution in [0.1, 0.15) is 26.7 Å². The summed E-state index contributed by atoms with van der Waals surface area (Å²) in [6.45, 7) is 5.32. The van der Waals surface area contributed by atoms with Crippen LogP contribution < -0.4 is 15.4 Å². The van der Waals surface area contributed by atoms with Crippen molar-refractivity contribution in [2.45, 2.75) is 38.8 Å². The number of aliphatic imine (C=N–C) groups is 1. The van der Waals surface area contributed by atoms with Crippen LogP contribution in [0.4, 0.5) is 4.39 Å². The Hall–Kier alpha value is -1.05. The van der Waals surface area contributed by atoms with Gasteiger partial charge in [-0.05, 0) is 38.8 Å². The molecule has 1 unspecified atom stereocenters. The van der Waals surface area contributed by atoms with Gasteiger partial charge in [0.25, 0.3) is 0 Å². The Balaban J connectivity index is 0.00000220. The third-order valence-electron chi connectivity index (χ3n) is 2.90. The topological polar surface area (TPSA) is 45.7 Å². The second kappa shape index (κ2) is 9.07. The fourth-order valence-corrected chi connectivity index (χ4v) is 1.77. The first-order chi connectivity index (χ1) is 9.67. The summed E-state index contributed by atoms with van der Waals surface area (Å²) in [5.41, 5.74) is 0. The van der Waals surface area contributed by atoms with Gasteiger partial charge in [0.15, 0.2) is 5.96 Å². The third-order valence-corrected chi connectivity index (χ3v) is 2.90. The van der Waals surface area contributed by atoms with Crippen molar-refractivity contribution in [1.29, 1.82) is 0 Å². The maximum absolute atomic E-state index is 13.1. The monoisotopic (exact) mass is 407 g/mol. The molecule has 2 N–H and O–H groups in total. The van der Waals surface area contributed by atoms with E-state index in [1.54, 1.807) is 12.1 Å². The van der Waals surface area contributed by atoms with Gasteiger partial charge in [-0.2, -0.15) is 0 Å².